The first-order valence-electron chi connectivity index (χ1n) is 8.63. The van der Waals surface area contributed by atoms with Crippen molar-refractivity contribution in [2.45, 2.75) is 25.9 Å². The van der Waals surface area contributed by atoms with E-state index >= 15 is 0 Å². The lowest BCUT2D eigenvalue weighted by atomic mass is 10.2. The minimum absolute atomic E-state index is 0.0100. The van der Waals surface area contributed by atoms with Gasteiger partial charge in [-0.05, 0) is 43.3 Å². The molecule has 0 unspecified atom stereocenters. The van der Waals surface area contributed by atoms with Gasteiger partial charge in [0.05, 0.1) is 24.9 Å². The van der Waals surface area contributed by atoms with Gasteiger partial charge in [-0.1, -0.05) is 6.07 Å². The van der Waals surface area contributed by atoms with Crippen LogP contribution in [0.4, 0.5) is 10.5 Å². The van der Waals surface area contributed by atoms with Gasteiger partial charge >= 0.3 is 6.03 Å². The fourth-order valence-electron chi connectivity index (χ4n) is 2.85. The van der Waals surface area contributed by atoms with Crippen molar-refractivity contribution in [3.8, 4) is 5.75 Å². The molecule has 1 aromatic carbocycles. The average molecular weight is 354 g/mol. The van der Waals surface area contributed by atoms with Crippen molar-refractivity contribution in [1.82, 2.24) is 15.6 Å². The van der Waals surface area contributed by atoms with E-state index in [0.717, 1.165) is 17.1 Å². The van der Waals surface area contributed by atoms with Crippen molar-refractivity contribution >= 4 is 17.6 Å². The summed E-state index contributed by atoms with van der Waals surface area (Å²) in [6.45, 7) is 3.31. The van der Waals surface area contributed by atoms with E-state index in [1.54, 1.807) is 11.1 Å². The Bertz CT molecular complexity index is 749. The average Bonchev–Trinajstić information content (AvgIpc) is 3.02. The van der Waals surface area contributed by atoms with Gasteiger partial charge in [0.2, 0.25) is 5.91 Å². The molecule has 3 rings (SSSR count). The number of aromatic nitrogens is 1. The van der Waals surface area contributed by atoms with Gasteiger partial charge in [0.1, 0.15) is 5.75 Å². The highest BCUT2D eigenvalue weighted by atomic mass is 16.5. The molecular formula is C19H22N4O3. The smallest absolute Gasteiger partial charge is 0.315 e. The number of benzene rings is 1. The molecule has 3 amide bonds. The third-order valence-electron chi connectivity index (χ3n) is 4.08. The van der Waals surface area contributed by atoms with E-state index in [1.165, 1.54) is 0 Å². The van der Waals surface area contributed by atoms with Gasteiger partial charge in [0, 0.05) is 24.8 Å². The van der Waals surface area contributed by atoms with E-state index in [-0.39, 0.29) is 24.4 Å². The van der Waals surface area contributed by atoms with E-state index in [4.69, 9.17) is 4.74 Å². The monoisotopic (exact) mass is 354 g/mol. The number of carbonyl (C=O) groups excluding carboxylic acids is 2. The van der Waals surface area contributed by atoms with Crippen molar-refractivity contribution in [3.05, 3.63) is 54.4 Å². The maximum atomic E-state index is 12.3. The van der Waals surface area contributed by atoms with Crippen LogP contribution in [0.2, 0.25) is 0 Å². The van der Waals surface area contributed by atoms with Gasteiger partial charge in [-0.15, -0.1) is 0 Å². The normalized spacial score (nSPS) is 16.4. The maximum absolute atomic E-state index is 12.3. The first-order valence-corrected chi connectivity index (χ1v) is 8.63. The molecule has 2 heterocycles. The Morgan fingerprint density at radius 1 is 1.27 bits per heavy atom. The van der Waals surface area contributed by atoms with Crippen LogP contribution < -0.4 is 20.3 Å². The topological polar surface area (TPSA) is 83.6 Å². The van der Waals surface area contributed by atoms with E-state index in [1.807, 2.05) is 49.4 Å². The van der Waals surface area contributed by atoms with E-state index in [0.29, 0.717) is 19.7 Å². The van der Waals surface area contributed by atoms with Gasteiger partial charge in [0.25, 0.3) is 0 Å². The number of amides is 3. The Morgan fingerprint density at radius 3 is 2.77 bits per heavy atom. The zero-order chi connectivity index (χ0) is 18.4. The molecule has 7 nitrogen and oxygen atoms in total. The van der Waals surface area contributed by atoms with Crippen LogP contribution in [-0.2, 0) is 11.3 Å². The first kappa shape index (κ1) is 17.7. The molecule has 0 radical (unpaired) electrons. The molecule has 1 atom stereocenters. The SMILES string of the molecule is CCOc1ccc(N2C[C@H](NC(=O)NCc3ccccn3)CC2=O)cc1. The number of carbonyl (C=O) groups is 2. The molecule has 1 aromatic heterocycles. The highest BCUT2D eigenvalue weighted by Crippen LogP contribution is 2.24. The van der Waals surface area contributed by atoms with Crippen LogP contribution in [0.1, 0.15) is 19.0 Å². The lowest BCUT2D eigenvalue weighted by Crippen LogP contribution is -2.43. The second kappa shape index (κ2) is 8.33. The number of urea groups is 1. The summed E-state index contributed by atoms with van der Waals surface area (Å²) in [6.07, 6.45) is 1.96. The summed E-state index contributed by atoms with van der Waals surface area (Å²) >= 11 is 0. The quantitative estimate of drug-likeness (QED) is 0.832. The number of hydrogen-bond acceptors (Lipinski definition) is 4. The number of nitrogens with one attached hydrogen (secondary N) is 2. The number of ether oxygens (including phenoxy) is 1. The summed E-state index contributed by atoms with van der Waals surface area (Å²) in [5.74, 6) is 0.760. The van der Waals surface area contributed by atoms with Crippen molar-refractivity contribution in [2.24, 2.45) is 0 Å². The zero-order valence-corrected chi connectivity index (χ0v) is 14.6. The molecule has 0 spiro atoms. The molecule has 0 aliphatic carbocycles. The maximum Gasteiger partial charge on any atom is 0.315 e. The number of rotatable bonds is 6. The van der Waals surface area contributed by atoms with E-state index < -0.39 is 0 Å². The van der Waals surface area contributed by atoms with Crippen LogP contribution in [-0.4, -0.2) is 36.1 Å². The Kier molecular flexibility index (Phi) is 5.68. The summed E-state index contributed by atoms with van der Waals surface area (Å²) in [5, 5.41) is 5.60. The predicted molar refractivity (Wildman–Crippen MR) is 98.0 cm³/mol. The number of nitrogens with zero attached hydrogens (tertiary/aromatic N) is 2. The third kappa shape index (κ3) is 4.50. The number of pyridine rings is 1. The van der Waals surface area contributed by atoms with Crippen LogP contribution >= 0.6 is 0 Å². The molecule has 2 aromatic rings. The summed E-state index contributed by atoms with van der Waals surface area (Å²) in [5.41, 5.74) is 1.58. The largest absolute Gasteiger partial charge is 0.494 e. The van der Waals surface area contributed by atoms with Crippen LogP contribution in [0.3, 0.4) is 0 Å². The fraction of sp³-hybridized carbons (Fsp3) is 0.316. The Morgan fingerprint density at radius 2 is 2.08 bits per heavy atom. The molecule has 7 heteroatoms. The molecule has 1 aliphatic heterocycles. The number of hydrogen-bond donors (Lipinski definition) is 2. The second-order valence-corrected chi connectivity index (χ2v) is 5.98. The van der Waals surface area contributed by atoms with Crippen LogP contribution in [0.25, 0.3) is 0 Å². The van der Waals surface area contributed by atoms with Crippen molar-refractivity contribution in [3.63, 3.8) is 0 Å². The summed E-state index contributed by atoms with van der Waals surface area (Å²) in [6, 6.07) is 12.4. The highest BCUT2D eigenvalue weighted by molar-refractivity contribution is 5.96. The van der Waals surface area contributed by atoms with Gasteiger partial charge in [-0.2, -0.15) is 0 Å². The molecule has 1 fully saturated rings. The molecule has 26 heavy (non-hydrogen) atoms. The van der Waals surface area contributed by atoms with E-state index in [9.17, 15) is 9.59 Å². The zero-order valence-electron chi connectivity index (χ0n) is 14.6. The second-order valence-electron chi connectivity index (χ2n) is 5.98. The van der Waals surface area contributed by atoms with Gasteiger partial charge in [0.15, 0.2) is 0 Å². The molecule has 136 valence electrons. The fourth-order valence-corrected chi connectivity index (χ4v) is 2.85. The molecular weight excluding hydrogens is 332 g/mol. The Hall–Kier alpha value is -3.09. The number of anilines is 1. The minimum atomic E-state index is -0.304. The van der Waals surface area contributed by atoms with Crippen LogP contribution in [0.5, 0.6) is 5.75 Å². The Labute approximate surface area is 152 Å². The predicted octanol–water partition coefficient (Wildman–Crippen LogP) is 2.08. The van der Waals surface area contributed by atoms with Crippen molar-refractivity contribution in [2.75, 3.05) is 18.1 Å². The lowest BCUT2D eigenvalue weighted by molar-refractivity contribution is -0.117. The lowest BCUT2D eigenvalue weighted by Gasteiger charge is -2.18. The summed E-state index contributed by atoms with van der Waals surface area (Å²) in [7, 11) is 0. The van der Waals surface area contributed by atoms with Crippen molar-refractivity contribution < 1.29 is 14.3 Å². The molecule has 1 saturated heterocycles. The van der Waals surface area contributed by atoms with Crippen LogP contribution in [0, 0.1) is 0 Å². The molecule has 0 saturated carbocycles. The first-order chi connectivity index (χ1) is 12.7. The van der Waals surface area contributed by atoms with Crippen molar-refractivity contribution in [1.29, 1.82) is 0 Å². The minimum Gasteiger partial charge on any atom is -0.494 e. The van der Waals surface area contributed by atoms with Crippen LogP contribution in [0.15, 0.2) is 48.7 Å². The van der Waals surface area contributed by atoms with Gasteiger partial charge in [-0.25, -0.2) is 4.79 Å². The summed E-state index contributed by atoms with van der Waals surface area (Å²) < 4.78 is 5.41. The molecule has 1 aliphatic rings. The van der Waals surface area contributed by atoms with E-state index in [2.05, 4.69) is 15.6 Å². The Balaban J connectivity index is 1.51. The van der Waals surface area contributed by atoms with Gasteiger partial charge in [-0.3, -0.25) is 9.78 Å². The standard InChI is InChI=1S/C19H22N4O3/c1-2-26-17-8-6-16(7-9-17)23-13-15(11-18(23)24)22-19(25)21-12-14-5-3-4-10-20-14/h3-10,15H,2,11-13H2,1H3,(H2,21,22,25)/t15-/m1/s1. The molecule has 2 N–H and O–H groups in total. The highest BCUT2D eigenvalue weighted by Gasteiger charge is 2.31. The molecule has 0 bridgehead atoms. The summed E-state index contributed by atoms with van der Waals surface area (Å²) in [4.78, 5) is 30.1. The van der Waals surface area contributed by atoms with Gasteiger partial charge < -0.3 is 20.3 Å². The third-order valence-corrected chi connectivity index (χ3v) is 4.08.